The molecule has 152 valence electrons. The summed E-state index contributed by atoms with van der Waals surface area (Å²) in [6.07, 6.45) is -0.176. The molecule has 10 heteroatoms. The van der Waals surface area contributed by atoms with E-state index < -0.39 is 0 Å². The lowest BCUT2D eigenvalue weighted by molar-refractivity contribution is 0.366. The van der Waals surface area contributed by atoms with Gasteiger partial charge in [-0.2, -0.15) is 0 Å². The van der Waals surface area contributed by atoms with Crippen LogP contribution in [0.2, 0.25) is 0 Å². The predicted molar refractivity (Wildman–Crippen MR) is 112 cm³/mol. The third-order valence-corrected chi connectivity index (χ3v) is 4.34. The summed E-state index contributed by atoms with van der Waals surface area (Å²) in [4.78, 5) is 28.6. The maximum atomic E-state index is 4.70. The molecule has 0 radical (unpaired) electrons. The molecule has 0 aromatic heterocycles. The Labute approximate surface area is 162 Å². The Hall–Kier alpha value is -2.52. The van der Waals surface area contributed by atoms with Crippen molar-refractivity contribution in [1.29, 1.82) is 0 Å². The number of nitrogens with one attached hydrogen (secondary N) is 1. The molecule has 0 fully saturated rings. The average molecular weight is 379 g/mol. The van der Waals surface area contributed by atoms with Gasteiger partial charge in [0.15, 0.2) is 0 Å². The van der Waals surface area contributed by atoms with Gasteiger partial charge >= 0.3 is 0 Å². The Morgan fingerprint density at radius 3 is 1.85 bits per heavy atom. The third-order valence-electron chi connectivity index (χ3n) is 4.34. The molecule has 27 heavy (non-hydrogen) atoms. The molecule has 2 aliphatic heterocycles. The van der Waals surface area contributed by atoms with Crippen LogP contribution in [0.1, 0.15) is 13.8 Å². The van der Waals surface area contributed by atoms with Gasteiger partial charge in [-0.25, -0.2) is 20.0 Å². The summed E-state index contributed by atoms with van der Waals surface area (Å²) >= 11 is 0. The van der Waals surface area contributed by atoms with Crippen LogP contribution in [0.3, 0.4) is 0 Å². The van der Waals surface area contributed by atoms with Crippen molar-refractivity contribution in [2.45, 2.75) is 26.2 Å². The van der Waals surface area contributed by atoms with E-state index in [4.69, 9.17) is 4.99 Å². The first-order valence-corrected chi connectivity index (χ1v) is 9.19. The van der Waals surface area contributed by atoms with E-state index in [0.717, 1.165) is 36.9 Å². The highest BCUT2D eigenvalue weighted by Crippen LogP contribution is 2.10. The molecule has 2 atom stereocenters. The number of aliphatic imine (C=N–C) groups is 4. The van der Waals surface area contributed by atoms with Gasteiger partial charge in [-0.1, -0.05) is 0 Å². The standard InChI is InChI=1S/C17H34N10/c1-12-18-14(23(3)4)22-15(19-12)25(7)10-11-26(8)17-21-13(2)20-16(24(5)6)27(17)9/h12-13H,10-11H2,1-9H3,(H,18,19,22). The second-order valence-electron chi connectivity index (χ2n) is 7.34. The fraction of sp³-hybridized carbons (Fsp3) is 0.765. The second kappa shape index (κ2) is 8.45. The summed E-state index contributed by atoms with van der Waals surface area (Å²) in [6.45, 7) is 5.59. The van der Waals surface area contributed by atoms with Crippen molar-refractivity contribution in [3.63, 3.8) is 0 Å². The van der Waals surface area contributed by atoms with Crippen LogP contribution in [0.5, 0.6) is 0 Å². The molecule has 1 N–H and O–H groups in total. The van der Waals surface area contributed by atoms with E-state index in [1.54, 1.807) is 0 Å². The fourth-order valence-electron chi connectivity index (χ4n) is 2.87. The van der Waals surface area contributed by atoms with Gasteiger partial charge in [0.05, 0.1) is 0 Å². The van der Waals surface area contributed by atoms with E-state index in [2.05, 4.69) is 37.1 Å². The number of nitrogens with zero attached hydrogens (tertiary/aromatic N) is 9. The van der Waals surface area contributed by atoms with Crippen molar-refractivity contribution in [1.82, 2.24) is 29.8 Å². The fourth-order valence-corrected chi connectivity index (χ4v) is 2.87. The molecule has 2 unspecified atom stereocenters. The largest absolute Gasteiger partial charge is 0.349 e. The molecule has 0 saturated carbocycles. The number of hydrogen-bond acceptors (Lipinski definition) is 10. The van der Waals surface area contributed by atoms with Crippen molar-refractivity contribution >= 4 is 23.8 Å². The van der Waals surface area contributed by atoms with Crippen LogP contribution in [-0.4, -0.2) is 123 Å². The Kier molecular flexibility index (Phi) is 6.50. The van der Waals surface area contributed by atoms with E-state index in [9.17, 15) is 0 Å². The van der Waals surface area contributed by atoms with Crippen molar-refractivity contribution in [2.75, 3.05) is 62.4 Å². The first-order chi connectivity index (χ1) is 12.6. The minimum absolute atomic E-state index is 0.0853. The third kappa shape index (κ3) is 5.01. The number of hydrogen-bond donors (Lipinski definition) is 1. The van der Waals surface area contributed by atoms with E-state index >= 15 is 0 Å². The number of likely N-dealkylation sites (N-methyl/N-ethyl adjacent to an activating group) is 2. The van der Waals surface area contributed by atoms with Crippen LogP contribution in [0.15, 0.2) is 20.0 Å². The van der Waals surface area contributed by atoms with Crippen molar-refractivity contribution in [2.24, 2.45) is 20.0 Å². The highest BCUT2D eigenvalue weighted by molar-refractivity contribution is 6.00. The van der Waals surface area contributed by atoms with E-state index in [0.29, 0.717) is 0 Å². The van der Waals surface area contributed by atoms with Crippen LogP contribution < -0.4 is 5.32 Å². The molecule has 0 spiro atoms. The van der Waals surface area contributed by atoms with Gasteiger partial charge in [-0.3, -0.25) is 10.2 Å². The average Bonchev–Trinajstić information content (AvgIpc) is 2.60. The molecule has 0 saturated heterocycles. The molecule has 2 rings (SSSR count). The van der Waals surface area contributed by atoms with Crippen molar-refractivity contribution in [3.8, 4) is 0 Å². The normalized spacial score (nSPS) is 22.2. The van der Waals surface area contributed by atoms with Crippen LogP contribution in [0, 0.1) is 0 Å². The van der Waals surface area contributed by atoms with Crippen molar-refractivity contribution < 1.29 is 0 Å². The summed E-state index contributed by atoms with van der Waals surface area (Å²) in [5.74, 6) is 3.48. The highest BCUT2D eigenvalue weighted by atomic mass is 15.5. The molecule has 0 aromatic carbocycles. The summed E-state index contributed by atoms with van der Waals surface area (Å²) < 4.78 is 0. The zero-order valence-corrected chi connectivity index (χ0v) is 18.1. The Bertz CT molecular complexity index is 648. The van der Waals surface area contributed by atoms with Gasteiger partial charge in [0.1, 0.15) is 12.3 Å². The minimum atomic E-state index is -0.0904. The predicted octanol–water partition coefficient (Wildman–Crippen LogP) is -0.362. The van der Waals surface area contributed by atoms with Crippen LogP contribution in [0.25, 0.3) is 0 Å². The quantitative estimate of drug-likeness (QED) is 0.723. The Balaban J connectivity index is 1.98. The van der Waals surface area contributed by atoms with Gasteiger partial charge in [0, 0.05) is 62.4 Å². The molecule has 10 nitrogen and oxygen atoms in total. The molecule has 0 bridgehead atoms. The molecule has 0 amide bonds. The van der Waals surface area contributed by atoms with E-state index in [1.807, 2.05) is 70.8 Å². The van der Waals surface area contributed by atoms with E-state index in [-0.39, 0.29) is 12.3 Å². The Morgan fingerprint density at radius 2 is 1.26 bits per heavy atom. The number of rotatable bonds is 3. The summed E-state index contributed by atoms with van der Waals surface area (Å²) in [5.41, 5.74) is 0. The lowest BCUT2D eigenvalue weighted by atomic mass is 10.4. The van der Waals surface area contributed by atoms with Crippen LogP contribution in [0.4, 0.5) is 0 Å². The molecular formula is C17H34N10. The SMILES string of the molecule is CC1N=C(N(C)C)NC(N(C)CCN(C)C2=NC(C)N=C(N(C)C)N2C)=N1. The van der Waals surface area contributed by atoms with Crippen LogP contribution >= 0.6 is 0 Å². The first kappa shape index (κ1) is 20.8. The maximum Gasteiger partial charge on any atom is 0.205 e. The molecule has 2 aliphatic rings. The summed E-state index contributed by atoms with van der Waals surface area (Å²) in [5, 5.41) is 3.29. The summed E-state index contributed by atoms with van der Waals surface area (Å²) in [7, 11) is 14.0. The van der Waals surface area contributed by atoms with Gasteiger partial charge in [-0.05, 0) is 13.8 Å². The van der Waals surface area contributed by atoms with Crippen molar-refractivity contribution in [3.05, 3.63) is 0 Å². The van der Waals surface area contributed by atoms with E-state index in [1.165, 1.54) is 0 Å². The minimum Gasteiger partial charge on any atom is -0.349 e. The lowest BCUT2D eigenvalue weighted by Gasteiger charge is -2.36. The molecule has 2 heterocycles. The topological polar surface area (TPSA) is 77.7 Å². The molecular weight excluding hydrogens is 344 g/mol. The molecule has 0 aliphatic carbocycles. The van der Waals surface area contributed by atoms with Crippen LogP contribution in [-0.2, 0) is 0 Å². The van der Waals surface area contributed by atoms with Gasteiger partial charge in [0.2, 0.25) is 23.8 Å². The zero-order chi connectivity index (χ0) is 20.3. The van der Waals surface area contributed by atoms with Gasteiger partial charge in [-0.15, -0.1) is 0 Å². The van der Waals surface area contributed by atoms with Gasteiger partial charge < -0.3 is 19.6 Å². The second-order valence-corrected chi connectivity index (χ2v) is 7.34. The summed E-state index contributed by atoms with van der Waals surface area (Å²) in [6, 6.07) is 0. The zero-order valence-electron chi connectivity index (χ0n) is 18.1. The smallest absolute Gasteiger partial charge is 0.205 e. The highest BCUT2D eigenvalue weighted by Gasteiger charge is 2.25. The lowest BCUT2D eigenvalue weighted by Crippen LogP contribution is -2.54. The number of guanidine groups is 4. The molecule has 0 aromatic rings. The Morgan fingerprint density at radius 1 is 0.741 bits per heavy atom. The van der Waals surface area contributed by atoms with Gasteiger partial charge in [0.25, 0.3) is 0 Å². The monoisotopic (exact) mass is 378 g/mol. The maximum absolute atomic E-state index is 4.70. The first-order valence-electron chi connectivity index (χ1n) is 9.19.